The van der Waals surface area contributed by atoms with E-state index >= 15 is 0 Å². The summed E-state index contributed by atoms with van der Waals surface area (Å²) in [7, 11) is 4.18. The van der Waals surface area contributed by atoms with Crippen LogP contribution in [0.2, 0.25) is 0 Å². The summed E-state index contributed by atoms with van der Waals surface area (Å²) in [6, 6.07) is 2.91. The highest BCUT2D eigenvalue weighted by Crippen LogP contribution is 2.35. The Morgan fingerprint density at radius 2 is 2.16 bits per heavy atom. The molecule has 0 saturated heterocycles. The average molecular weight is 263 g/mol. The van der Waals surface area contributed by atoms with E-state index in [2.05, 4.69) is 56.0 Å². The van der Waals surface area contributed by atoms with Crippen LogP contribution >= 0.6 is 0 Å². The van der Waals surface area contributed by atoms with Crippen molar-refractivity contribution in [3.63, 3.8) is 0 Å². The number of nitrogens with one attached hydrogen (secondary N) is 1. The fourth-order valence-electron chi connectivity index (χ4n) is 3.64. The fourth-order valence-corrected chi connectivity index (χ4v) is 3.64. The highest BCUT2D eigenvalue weighted by molar-refractivity contribution is 5.10. The van der Waals surface area contributed by atoms with Crippen molar-refractivity contribution in [2.24, 2.45) is 24.8 Å². The van der Waals surface area contributed by atoms with E-state index in [4.69, 9.17) is 0 Å². The van der Waals surface area contributed by atoms with Crippen LogP contribution in [-0.2, 0) is 13.5 Å². The van der Waals surface area contributed by atoms with E-state index < -0.39 is 0 Å². The Morgan fingerprint density at radius 1 is 1.42 bits per heavy atom. The topological polar surface area (TPSA) is 29.9 Å². The predicted octanol–water partition coefficient (Wildman–Crippen LogP) is 2.93. The van der Waals surface area contributed by atoms with E-state index in [1.54, 1.807) is 0 Å². The summed E-state index contributed by atoms with van der Waals surface area (Å²) in [6.07, 6.45) is 5.21. The van der Waals surface area contributed by atoms with E-state index in [0.717, 1.165) is 29.9 Å². The van der Waals surface area contributed by atoms with Crippen LogP contribution in [0.3, 0.4) is 0 Å². The van der Waals surface area contributed by atoms with E-state index in [9.17, 15) is 0 Å². The summed E-state index contributed by atoms with van der Waals surface area (Å²) in [5.41, 5.74) is 2.52. The highest BCUT2D eigenvalue weighted by atomic mass is 15.3. The van der Waals surface area contributed by atoms with Gasteiger partial charge in [-0.05, 0) is 63.5 Å². The lowest BCUT2D eigenvalue weighted by Crippen LogP contribution is -2.40. The SMILES string of the molecule is CNC1CCC(C(C)C)CC1Cc1cc(C)nn1C. The van der Waals surface area contributed by atoms with Gasteiger partial charge in [-0.1, -0.05) is 13.8 Å². The Hall–Kier alpha value is -0.830. The number of nitrogens with zero attached hydrogens (tertiary/aromatic N) is 2. The highest BCUT2D eigenvalue weighted by Gasteiger charge is 2.31. The normalized spacial score (nSPS) is 28.0. The number of aromatic nitrogens is 2. The minimum Gasteiger partial charge on any atom is -0.317 e. The van der Waals surface area contributed by atoms with Gasteiger partial charge in [-0.3, -0.25) is 4.68 Å². The van der Waals surface area contributed by atoms with E-state index in [1.807, 2.05) is 0 Å². The maximum atomic E-state index is 4.48. The first-order valence-corrected chi connectivity index (χ1v) is 7.68. The second-order valence-corrected chi connectivity index (χ2v) is 6.58. The molecule has 0 bridgehead atoms. The summed E-state index contributed by atoms with van der Waals surface area (Å²) >= 11 is 0. The Morgan fingerprint density at radius 3 is 2.68 bits per heavy atom. The van der Waals surface area contributed by atoms with Crippen molar-refractivity contribution in [3.05, 3.63) is 17.5 Å². The van der Waals surface area contributed by atoms with Crippen molar-refractivity contribution >= 4 is 0 Å². The molecule has 0 aromatic carbocycles. The lowest BCUT2D eigenvalue weighted by molar-refractivity contribution is 0.171. The molecule has 2 rings (SSSR count). The van der Waals surface area contributed by atoms with Gasteiger partial charge in [0.2, 0.25) is 0 Å². The summed E-state index contributed by atoms with van der Waals surface area (Å²) in [6.45, 7) is 6.82. The maximum Gasteiger partial charge on any atom is 0.0596 e. The van der Waals surface area contributed by atoms with Gasteiger partial charge in [-0.15, -0.1) is 0 Å². The molecule has 1 aromatic rings. The molecule has 1 aliphatic rings. The van der Waals surface area contributed by atoms with Crippen LogP contribution < -0.4 is 5.32 Å². The van der Waals surface area contributed by atoms with Crippen molar-refractivity contribution in [2.75, 3.05) is 7.05 Å². The van der Waals surface area contributed by atoms with E-state index in [0.29, 0.717) is 6.04 Å². The number of hydrogen-bond donors (Lipinski definition) is 1. The molecule has 108 valence electrons. The Labute approximate surface area is 117 Å². The Balaban J connectivity index is 2.08. The van der Waals surface area contributed by atoms with Gasteiger partial charge >= 0.3 is 0 Å². The van der Waals surface area contributed by atoms with Gasteiger partial charge in [0.05, 0.1) is 5.69 Å². The predicted molar refractivity (Wildman–Crippen MR) is 80.2 cm³/mol. The van der Waals surface area contributed by atoms with Gasteiger partial charge in [0.15, 0.2) is 0 Å². The Bertz CT molecular complexity index is 408. The van der Waals surface area contributed by atoms with Crippen LogP contribution in [0, 0.1) is 24.7 Å². The lowest BCUT2D eigenvalue weighted by Gasteiger charge is -2.38. The third-order valence-corrected chi connectivity index (χ3v) is 4.91. The summed E-state index contributed by atoms with van der Waals surface area (Å²) in [5.74, 6) is 2.46. The first kappa shape index (κ1) is 14.6. The van der Waals surface area contributed by atoms with Crippen LogP contribution in [0.5, 0.6) is 0 Å². The molecule has 1 saturated carbocycles. The van der Waals surface area contributed by atoms with Crippen LogP contribution in [-0.4, -0.2) is 22.9 Å². The van der Waals surface area contributed by atoms with Gasteiger partial charge in [0.1, 0.15) is 0 Å². The third kappa shape index (κ3) is 3.38. The standard InChI is InChI=1S/C16H29N3/c1-11(2)13-6-7-16(17-4)14(9-13)10-15-8-12(3)18-19(15)5/h8,11,13-14,16-17H,6-7,9-10H2,1-5H3. The second kappa shape index (κ2) is 6.08. The summed E-state index contributed by atoms with van der Waals surface area (Å²) in [5, 5.41) is 8.01. The number of aryl methyl sites for hydroxylation is 2. The minimum absolute atomic E-state index is 0.671. The van der Waals surface area contributed by atoms with Crippen molar-refractivity contribution in [1.29, 1.82) is 0 Å². The van der Waals surface area contributed by atoms with Crippen molar-refractivity contribution in [2.45, 2.75) is 52.5 Å². The number of rotatable bonds is 4. The molecule has 1 aliphatic carbocycles. The average Bonchev–Trinajstić information content (AvgIpc) is 2.67. The molecule has 3 heteroatoms. The van der Waals surface area contributed by atoms with Crippen LogP contribution in [0.1, 0.15) is 44.5 Å². The largest absolute Gasteiger partial charge is 0.317 e. The molecule has 0 spiro atoms. The van der Waals surface area contributed by atoms with Crippen molar-refractivity contribution < 1.29 is 0 Å². The summed E-state index contributed by atoms with van der Waals surface area (Å²) < 4.78 is 2.06. The molecule has 1 fully saturated rings. The minimum atomic E-state index is 0.671. The molecular weight excluding hydrogens is 234 g/mol. The van der Waals surface area contributed by atoms with E-state index in [1.165, 1.54) is 25.0 Å². The Kier molecular flexibility index (Phi) is 4.67. The summed E-state index contributed by atoms with van der Waals surface area (Å²) in [4.78, 5) is 0. The van der Waals surface area contributed by atoms with Crippen molar-refractivity contribution in [1.82, 2.24) is 15.1 Å². The van der Waals surface area contributed by atoms with Gasteiger partial charge in [0, 0.05) is 18.8 Å². The molecule has 1 heterocycles. The first-order valence-electron chi connectivity index (χ1n) is 7.68. The van der Waals surface area contributed by atoms with Crippen LogP contribution in [0.4, 0.5) is 0 Å². The van der Waals surface area contributed by atoms with Gasteiger partial charge < -0.3 is 5.32 Å². The zero-order valence-corrected chi connectivity index (χ0v) is 13.1. The van der Waals surface area contributed by atoms with Gasteiger partial charge in [-0.25, -0.2) is 0 Å². The number of hydrogen-bond acceptors (Lipinski definition) is 2. The molecule has 1 aromatic heterocycles. The smallest absolute Gasteiger partial charge is 0.0596 e. The molecule has 0 radical (unpaired) electrons. The van der Waals surface area contributed by atoms with E-state index in [-0.39, 0.29) is 0 Å². The van der Waals surface area contributed by atoms with Gasteiger partial charge in [0.25, 0.3) is 0 Å². The molecule has 3 atom stereocenters. The molecule has 3 nitrogen and oxygen atoms in total. The maximum absolute atomic E-state index is 4.48. The monoisotopic (exact) mass is 263 g/mol. The van der Waals surface area contributed by atoms with Crippen molar-refractivity contribution in [3.8, 4) is 0 Å². The lowest BCUT2D eigenvalue weighted by atomic mass is 9.72. The molecule has 0 aliphatic heterocycles. The second-order valence-electron chi connectivity index (χ2n) is 6.58. The molecule has 3 unspecified atom stereocenters. The first-order chi connectivity index (χ1) is 9.01. The van der Waals surface area contributed by atoms with Crippen LogP contribution in [0.15, 0.2) is 6.07 Å². The van der Waals surface area contributed by atoms with Crippen LogP contribution in [0.25, 0.3) is 0 Å². The fraction of sp³-hybridized carbons (Fsp3) is 0.812. The van der Waals surface area contributed by atoms with Gasteiger partial charge in [-0.2, -0.15) is 5.10 Å². The quantitative estimate of drug-likeness (QED) is 0.905. The molecule has 19 heavy (non-hydrogen) atoms. The zero-order chi connectivity index (χ0) is 14.0. The molecular formula is C16H29N3. The third-order valence-electron chi connectivity index (χ3n) is 4.91. The molecule has 0 amide bonds. The zero-order valence-electron chi connectivity index (χ0n) is 13.1. The molecule has 1 N–H and O–H groups in total.